The Bertz CT molecular complexity index is 291. The van der Waals surface area contributed by atoms with Crippen LogP contribution < -0.4 is 5.32 Å². The molecule has 0 aromatic heterocycles. The molecule has 1 amide bonds. The van der Waals surface area contributed by atoms with E-state index in [1.54, 1.807) is 6.08 Å². The second-order valence-corrected chi connectivity index (χ2v) is 4.14. The number of nitrogens with one attached hydrogen (secondary N) is 1. The third kappa shape index (κ3) is 3.06. The van der Waals surface area contributed by atoms with Crippen molar-refractivity contribution in [3.8, 4) is 0 Å². The maximum atomic E-state index is 12.1. The quantitative estimate of drug-likeness (QED) is 0.644. The average molecular weight is 226 g/mol. The predicted molar refractivity (Wildman–Crippen MR) is 59.9 cm³/mol. The van der Waals surface area contributed by atoms with Gasteiger partial charge in [-0.15, -0.1) is 6.58 Å². The summed E-state index contributed by atoms with van der Waals surface area (Å²) in [5.74, 6) is -0.943. The fourth-order valence-corrected chi connectivity index (χ4v) is 1.93. The lowest BCUT2D eigenvalue weighted by Gasteiger charge is -2.24. The van der Waals surface area contributed by atoms with Gasteiger partial charge in [0.1, 0.15) is 6.54 Å². The zero-order chi connectivity index (χ0) is 12.1. The summed E-state index contributed by atoms with van der Waals surface area (Å²) in [4.78, 5) is 24.0. The van der Waals surface area contributed by atoms with E-state index in [0.717, 1.165) is 6.54 Å². The molecule has 1 aliphatic rings. The predicted octanol–water partition coefficient (Wildman–Crippen LogP) is -0.0589. The number of nitrogens with zero attached hydrogens (tertiary/aromatic N) is 1. The van der Waals surface area contributed by atoms with Gasteiger partial charge < -0.3 is 15.3 Å². The van der Waals surface area contributed by atoms with Crippen LogP contribution in [0.1, 0.15) is 6.92 Å². The van der Waals surface area contributed by atoms with Crippen molar-refractivity contribution in [1.29, 1.82) is 0 Å². The first-order valence-corrected chi connectivity index (χ1v) is 5.38. The molecule has 0 aromatic rings. The molecular formula is C11H18N2O3. The zero-order valence-electron chi connectivity index (χ0n) is 9.48. The van der Waals surface area contributed by atoms with Crippen LogP contribution in [0.5, 0.6) is 0 Å². The number of hydrogen-bond donors (Lipinski definition) is 2. The minimum atomic E-state index is -0.992. The van der Waals surface area contributed by atoms with E-state index in [0.29, 0.717) is 6.54 Å². The van der Waals surface area contributed by atoms with Crippen LogP contribution in [-0.4, -0.2) is 48.1 Å². The van der Waals surface area contributed by atoms with E-state index in [1.807, 2.05) is 6.92 Å². The molecule has 2 atom stereocenters. The van der Waals surface area contributed by atoms with Crippen LogP contribution >= 0.6 is 0 Å². The van der Waals surface area contributed by atoms with Crippen LogP contribution in [0.15, 0.2) is 12.7 Å². The van der Waals surface area contributed by atoms with Gasteiger partial charge in [0.2, 0.25) is 5.91 Å². The minimum absolute atomic E-state index is 0.0974. The van der Waals surface area contributed by atoms with Crippen molar-refractivity contribution >= 4 is 11.9 Å². The molecule has 1 saturated heterocycles. The van der Waals surface area contributed by atoms with Crippen molar-refractivity contribution < 1.29 is 14.7 Å². The molecule has 5 nitrogen and oxygen atoms in total. The second-order valence-electron chi connectivity index (χ2n) is 4.14. The first-order valence-electron chi connectivity index (χ1n) is 5.38. The number of rotatable bonds is 5. The summed E-state index contributed by atoms with van der Waals surface area (Å²) in [5, 5.41) is 11.9. The van der Waals surface area contributed by atoms with E-state index >= 15 is 0 Å². The monoisotopic (exact) mass is 226 g/mol. The molecule has 90 valence electrons. The third-order valence-corrected chi connectivity index (χ3v) is 2.82. The number of amides is 1. The van der Waals surface area contributed by atoms with Gasteiger partial charge >= 0.3 is 5.97 Å². The van der Waals surface area contributed by atoms with Crippen LogP contribution in [-0.2, 0) is 9.59 Å². The third-order valence-electron chi connectivity index (χ3n) is 2.82. The summed E-state index contributed by atoms with van der Waals surface area (Å²) in [7, 11) is 0. The Morgan fingerprint density at radius 2 is 2.25 bits per heavy atom. The van der Waals surface area contributed by atoms with E-state index in [9.17, 15) is 9.59 Å². The lowest BCUT2D eigenvalue weighted by Crippen LogP contribution is -2.41. The van der Waals surface area contributed by atoms with E-state index in [-0.39, 0.29) is 30.8 Å². The molecule has 16 heavy (non-hydrogen) atoms. The normalized spacial score (nSPS) is 24.1. The molecule has 0 aromatic carbocycles. The number of aliphatic carboxylic acids is 1. The fourth-order valence-electron chi connectivity index (χ4n) is 1.93. The highest BCUT2D eigenvalue weighted by Crippen LogP contribution is 2.18. The van der Waals surface area contributed by atoms with Gasteiger partial charge in [0.25, 0.3) is 0 Å². The number of carboxylic acids is 1. The number of carbonyl (C=O) groups excluding carboxylic acids is 1. The summed E-state index contributed by atoms with van der Waals surface area (Å²) in [5.41, 5.74) is 0. The Labute approximate surface area is 95.1 Å². The maximum absolute atomic E-state index is 12.1. The molecule has 1 fully saturated rings. The molecule has 0 saturated carbocycles. The summed E-state index contributed by atoms with van der Waals surface area (Å²) in [6, 6.07) is 0. The molecule has 0 radical (unpaired) electrons. The number of carbonyl (C=O) groups is 2. The highest BCUT2D eigenvalue weighted by atomic mass is 16.4. The summed E-state index contributed by atoms with van der Waals surface area (Å²) in [6.45, 7) is 7.00. The van der Waals surface area contributed by atoms with Gasteiger partial charge in [0, 0.05) is 13.1 Å². The molecule has 1 aliphatic heterocycles. The highest BCUT2D eigenvalue weighted by Gasteiger charge is 2.32. The molecule has 5 heteroatoms. The van der Waals surface area contributed by atoms with E-state index in [2.05, 4.69) is 11.9 Å². The maximum Gasteiger partial charge on any atom is 0.323 e. The summed E-state index contributed by atoms with van der Waals surface area (Å²) >= 11 is 0. The van der Waals surface area contributed by atoms with Crippen LogP contribution in [0.2, 0.25) is 0 Å². The van der Waals surface area contributed by atoms with Crippen molar-refractivity contribution in [3.63, 3.8) is 0 Å². The first-order chi connectivity index (χ1) is 7.56. The first kappa shape index (κ1) is 12.7. The highest BCUT2D eigenvalue weighted by molar-refractivity contribution is 5.83. The van der Waals surface area contributed by atoms with Gasteiger partial charge in [-0.1, -0.05) is 13.0 Å². The second kappa shape index (κ2) is 5.65. The molecule has 0 aliphatic carbocycles. The van der Waals surface area contributed by atoms with Gasteiger partial charge in [-0.2, -0.15) is 0 Å². The minimum Gasteiger partial charge on any atom is -0.480 e. The van der Waals surface area contributed by atoms with E-state index < -0.39 is 5.97 Å². The van der Waals surface area contributed by atoms with Crippen molar-refractivity contribution in [2.45, 2.75) is 6.92 Å². The topological polar surface area (TPSA) is 69.6 Å². The zero-order valence-corrected chi connectivity index (χ0v) is 9.48. The van der Waals surface area contributed by atoms with Gasteiger partial charge in [-0.3, -0.25) is 9.59 Å². The van der Waals surface area contributed by atoms with Gasteiger partial charge in [0.15, 0.2) is 0 Å². The molecule has 2 N–H and O–H groups in total. The van der Waals surface area contributed by atoms with Crippen LogP contribution in [0.3, 0.4) is 0 Å². The Balaban J connectivity index is 2.65. The van der Waals surface area contributed by atoms with Crippen molar-refractivity contribution in [2.24, 2.45) is 11.8 Å². The van der Waals surface area contributed by atoms with Crippen molar-refractivity contribution in [1.82, 2.24) is 10.2 Å². The van der Waals surface area contributed by atoms with Crippen molar-refractivity contribution in [3.05, 3.63) is 12.7 Å². The fraction of sp³-hybridized carbons (Fsp3) is 0.636. The Morgan fingerprint density at radius 1 is 1.56 bits per heavy atom. The molecule has 2 unspecified atom stereocenters. The molecule has 0 spiro atoms. The summed E-state index contributed by atoms with van der Waals surface area (Å²) in [6.07, 6.45) is 1.55. The SMILES string of the molecule is C=CCN(CC(=O)O)C(=O)C1CNCC1C. The van der Waals surface area contributed by atoms with Crippen LogP contribution in [0.4, 0.5) is 0 Å². The Hall–Kier alpha value is -1.36. The van der Waals surface area contributed by atoms with E-state index in [1.165, 1.54) is 4.90 Å². The van der Waals surface area contributed by atoms with Gasteiger partial charge in [-0.25, -0.2) is 0 Å². The average Bonchev–Trinajstić information content (AvgIpc) is 2.62. The van der Waals surface area contributed by atoms with Crippen LogP contribution in [0.25, 0.3) is 0 Å². The smallest absolute Gasteiger partial charge is 0.323 e. The molecule has 1 rings (SSSR count). The number of hydrogen-bond acceptors (Lipinski definition) is 3. The lowest BCUT2D eigenvalue weighted by atomic mass is 9.96. The van der Waals surface area contributed by atoms with Crippen LogP contribution in [0, 0.1) is 11.8 Å². The standard InChI is InChI=1S/C11H18N2O3/c1-3-4-13(7-10(14)15)11(16)9-6-12-5-8(9)2/h3,8-9,12H,1,4-7H2,2H3,(H,14,15). The summed E-state index contributed by atoms with van der Waals surface area (Å²) < 4.78 is 0. The Kier molecular flexibility index (Phi) is 4.49. The largest absolute Gasteiger partial charge is 0.480 e. The van der Waals surface area contributed by atoms with Gasteiger partial charge in [0.05, 0.1) is 5.92 Å². The molecule has 1 heterocycles. The molecular weight excluding hydrogens is 208 g/mol. The van der Waals surface area contributed by atoms with Crippen molar-refractivity contribution in [2.75, 3.05) is 26.2 Å². The van der Waals surface area contributed by atoms with E-state index in [4.69, 9.17) is 5.11 Å². The number of carboxylic acid groups (broad SMARTS) is 1. The lowest BCUT2D eigenvalue weighted by molar-refractivity contribution is -0.146. The van der Waals surface area contributed by atoms with Gasteiger partial charge in [-0.05, 0) is 12.5 Å². The Morgan fingerprint density at radius 3 is 2.69 bits per heavy atom. The molecule has 0 bridgehead atoms.